The second kappa shape index (κ2) is 8.80. The van der Waals surface area contributed by atoms with Gasteiger partial charge in [-0.2, -0.15) is 0 Å². The molecule has 0 unspecified atom stereocenters. The second-order valence-corrected chi connectivity index (χ2v) is 11.8. The summed E-state index contributed by atoms with van der Waals surface area (Å²) >= 11 is 1.48. The highest BCUT2D eigenvalue weighted by Crippen LogP contribution is 2.46. The first kappa shape index (κ1) is 21.9. The minimum Gasteiger partial charge on any atom is -0.323 e. The molecule has 0 aliphatic carbocycles. The van der Waals surface area contributed by atoms with Crippen molar-refractivity contribution in [1.82, 2.24) is 4.90 Å². The second-order valence-electron chi connectivity index (χ2n) is 8.36. The highest BCUT2D eigenvalue weighted by Gasteiger charge is 2.58. The van der Waals surface area contributed by atoms with Crippen LogP contribution in [0.1, 0.15) is 23.2 Å². The van der Waals surface area contributed by atoms with Gasteiger partial charge in [0.2, 0.25) is 0 Å². The molecule has 2 aliphatic rings. The number of hydrogen-bond acceptors (Lipinski definition) is 5. The molecule has 2 fully saturated rings. The van der Waals surface area contributed by atoms with Gasteiger partial charge in [-0.3, -0.25) is 9.59 Å². The number of hydrogen-bond donors (Lipinski definition) is 0. The van der Waals surface area contributed by atoms with E-state index in [1.807, 2.05) is 36.4 Å². The van der Waals surface area contributed by atoms with Gasteiger partial charge in [0.15, 0.2) is 15.6 Å². The molecule has 1 amide bonds. The topological polar surface area (TPSA) is 71.5 Å². The lowest BCUT2D eigenvalue weighted by Crippen LogP contribution is -2.56. The Bertz CT molecular complexity index is 1260. The number of thioether (sulfide) groups is 1. The van der Waals surface area contributed by atoms with Gasteiger partial charge in [-0.15, -0.1) is 11.8 Å². The van der Waals surface area contributed by atoms with Crippen LogP contribution in [-0.4, -0.2) is 47.6 Å². The van der Waals surface area contributed by atoms with Crippen molar-refractivity contribution in [3.8, 4) is 0 Å². The Morgan fingerprint density at radius 3 is 2.06 bits per heavy atom. The minimum atomic E-state index is -3.75. The van der Waals surface area contributed by atoms with Crippen LogP contribution in [0.2, 0.25) is 0 Å². The van der Waals surface area contributed by atoms with Crippen LogP contribution in [0.5, 0.6) is 0 Å². The lowest BCUT2D eigenvalue weighted by atomic mass is 9.99. The van der Waals surface area contributed by atoms with Gasteiger partial charge in [-0.1, -0.05) is 54.6 Å². The Morgan fingerprint density at radius 1 is 0.848 bits per heavy atom. The Hall–Kier alpha value is -2.90. The van der Waals surface area contributed by atoms with Gasteiger partial charge in [-0.25, -0.2) is 8.42 Å². The molecule has 5 rings (SSSR count). The first-order valence-electron chi connectivity index (χ1n) is 10.9. The lowest BCUT2D eigenvalue weighted by Gasteiger charge is -2.40. The van der Waals surface area contributed by atoms with E-state index in [0.717, 1.165) is 4.90 Å². The first-order valence-corrected chi connectivity index (χ1v) is 13.3. The molecule has 2 saturated heterocycles. The summed E-state index contributed by atoms with van der Waals surface area (Å²) in [5.41, 5.74) is 0.462. The summed E-state index contributed by atoms with van der Waals surface area (Å²) < 4.78 is 27.5. The fourth-order valence-electron chi connectivity index (χ4n) is 4.91. The Morgan fingerprint density at radius 2 is 1.42 bits per heavy atom. The summed E-state index contributed by atoms with van der Waals surface area (Å²) in [4.78, 5) is 29.5. The number of ketones is 1. The Kier molecular flexibility index (Phi) is 5.85. The molecular formula is C26H23NO4S2. The maximum atomic E-state index is 13.7. The number of Topliss-reactive ketones (excluding diaryl/α,β-unsaturated/α-hetero) is 1. The molecule has 2 aliphatic heterocycles. The van der Waals surface area contributed by atoms with Gasteiger partial charge < -0.3 is 4.90 Å². The first-order chi connectivity index (χ1) is 16.0. The molecule has 33 heavy (non-hydrogen) atoms. The van der Waals surface area contributed by atoms with Gasteiger partial charge >= 0.3 is 0 Å². The van der Waals surface area contributed by atoms with Crippen molar-refractivity contribution >= 4 is 33.3 Å². The third kappa shape index (κ3) is 4.00. The van der Waals surface area contributed by atoms with Crippen LogP contribution in [0.4, 0.5) is 0 Å². The van der Waals surface area contributed by atoms with Gasteiger partial charge in [0.05, 0.1) is 22.2 Å². The monoisotopic (exact) mass is 477 g/mol. The predicted octanol–water partition coefficient (Wildman–Crippen LogP) is 4.25. The van der Waals surface area contributed by atoms with Crippen LogP contribution in [-0.2, 0) is 14.6 Å². The van der Waals surface area contributed by atoms with Crippen LogP contribution in [0, 0.1) is 0 Å². The number of carbonyl (C=O) groups is 2. The zero-order chi connectivity index (χ0) is 23.0. The summed E-state index contributed by atoms with van der Waals surface area (Å²) in [6, 6.07) is 25.4. The molecule has 0 radical (unpaired) electrons. The van der Waals surface area contributed by atoms with E-state index < -0.39 is 27.2 Å². The molecule has 4 atom stereocenters. The van der Waals surface area contributed by atoms with Crippen molar-refractivity contribution in [3.63, 3.8) is 0 Å². The smallest absolute Gasteiger partial charge is 0.254 e. The molecule has 3 aromatic carbocycles. The number of rotatable bonds is 5. The van der Waals surface area contributed by atoms with Crippen molar-refractivity contribution in [2.24, 2.45) is 0 Å². The molecule has 168 valence electrons. The number of fused-ring (bicyclic) bond motifs is 2. The van der Waals surface area contributed by atoms with Crippen molar-refractivity contribution < 1.29 is 18.0 Å². The van der Waals surface area contributed by atoms with Crippen molar-refractivity contribution in [3.05, 3.63) is 96.6 Å². The summed E-state index contributed by atoms with van der Waals surface area (Å²) in [5, 5.41) is -1.19. The number of piperidine rings is 1. The van der Waals surface area contributed by atoms with Crippen molar-refractivity contribution in [2.45, 2.75) is 45.2 Å². The maximum Gasteiger partial charge on any atom is 0.254 e. The van der Waals surface area contributed by atoms with E-state index in [0.29, 0.717) is 5.56 Å². The standard InChI is InChI=1S/C26H23NO4S2/c28-22-17-23(32-19-12-6-2-7-13-19)25-24(33(30,31)20-14-8-3-9-15-20)16-21(22)27(25)26(29)18-10-4-1-5-11-18/h1-15,21,23-25H,16-17H2/t21-,23+,24+,25-/m1/s1. The fourth-order valence-corrected chi connectivity index (χ4v) is 8.39. The summed E-state index contributed by atoms with van der Waals surface area (Å²) in [5.74, 6) is -0.363. The summed E-state index contributed by atoms with van der Waals surface area (Å²) in [6.07, 6.45) is 0.374. The molecule has 7 heteroatoms. The molecule has 0 spiro atoms. The quantitative estimate of drug-likeness (QED) is 0.550. The molecule has 0 N–H and O–H groups in total. The van der Waals surface area contributed by atoms with E-state index in [1.54, 1.807) is 59.5 Å². The van der Waals surface area contributed by atoms with Crippen molar-refractivity contribution in [2.75, 3.05) is 0 Å². The van der Waals surface area contributed by atoms with Gasteiger partial charge in [-0.05, 0) is 42.8 Å². The molecule has 0 saturated carbocycles. The highest BCUT2D eigenvalue weighted by atomic mass is 32.2. The zero-order valence-corrected chi connectivity index (χ0v) is 19.4. The third-order valence-corrected chi connectivity index (χ3v) is 9.89. The Labute approximate surface area is 197 Å². The molecule has 0 aromatic heterocycles. The molecular weight excluding hydrogens is 454 g/mol. The van der Waals surface area contributed by atoms with Crippen LogP contribution < -0.4 is 0 Å². The van der Waals surface area contributed by atoms with Crippen LogP contribution in [0.3, 0.4) is 0 Å². The van der Waals surface area contributed by atoms with Crippen LogP contribution >= 0.6 is 11.8 Å². The fraction of sp³-hybridized carbons (Fsp3) is 0.231. The summed E-state index contributed by atoms with van der Waals surface area (Å²) in [6.45, 7) is 0. The zero-order valence-electron chi connectivity index (χ0n) is 17.8. The molecule has 2 heterocycles. The van der Waals surface area contributed by atoms with E-state index in [2.05, 4.69) is 0 Å². The number of amides is 1. The number of nitrogens with zero attached hydrogens (tertiary/aromatic N) is 1. The number of sulfone groups is 1. The van der Waals surface area contributed by atoms with E-state index in [4.69, 9.17) is 0 Å². The minimum absolute atomic E-state index is 0.0743. The lowest BCUT2D eigenvalue weighted by molar-refractivity contribution is -0.125. The average molecular weight is 478 g/mol. The number of carbonyl (C=O) groups excluding carboxylic acids is 2. The Balaban J connectivity index is 1.59. The van der Waals surface area contributed by atoms with E-state index >= 15 is 0 Å². The van der Waals surface area contributed by atoms with Crippen LogP contribution in [0.15, 0.2) is 101 Å². The largest absolute Gasteiger partial charge is 0.323 e. The van der Waals surface area contributed by atoms with E-state index in [-0.39, 0.29) is 34.7 Å². The third-order valence-electron chi connectivity index (χ3n) is 6.40. The SMILES string of the molecule is O=C1C[C@H](Sc2ccccc2)[C@@H]2[C@@H](S(=O)(=O)c3ccccc3)C[C@H]1N2C(=O)c1ccccc1. The van der Waals surface area contributed by atoms with Crippen molar-refractivity contribution in [1.29, 1.82) is 0 Å². The maximum absolute atomic E-state index is 13.7. The molecule has 5 nitrogen and oxygen atoms in total. The average Bonchev–Trinajstić information content (AvgIpc) is 3.20. The normalized spacial score (nSPS) is 24.6. The molecule has 2 bridgehead atoms. The van der Waals surface area contributed by atoms with E-state index in [1.165, 1.54) is 11.8 Å². The predicted molar refractivity (Wildman–Crippen MR) is 128 cm³/mol. The summed E-state index contributed by atoms with van der Waals surface area (Å²) in [7, 11) is -3.75. The van der Waals surface area contributed by atoms with Gasteiger partial charge in [0.1, 0.15) is 0 Å². The van der Waals surface area contributed by atoms with Gasteiger partial charge in [0, 0.05) is 22.1 Å². The number of benzene rings is 3. The van der Waals surface area contributed by atoms with Gasteiger partial charge in [0.25, 0.3) is 5.91 Å². The highest BCUT2D eigenvalue weighted by molar-refractivity contribution is 8.00. The van der Waals surface area contributed by atoms with Crippen LogP contribution in [0.25, 0.3) is 0 Å². The van der Waals surface area contributed by atoms with E-state index in [9.17, 15) is 18.0 Å². The molecule has 3 aromatic rings.